The third-order valence-corrected chi connectivity index (χ3v) is 4.14. The molecule has 0 radical (unpaired) electrons. The molecular weight excluding hydrogens is 506 g/mol. The third kappa shape index (κ3) is 6.90. The molecule has 0 amide bonds. The van der Waals surface area contributed by atoms with Crippen molar-refractivity contribution in [2.75, 3.05) is 13.2 Å². The van der Waals surface area contributed by atoms with Crippen LogP contribution in [0, 0.1) is 0 Å². The Bertz CT molecular complexity index is 908. The van der Waals surface area contributed by atoms with Crippen LogP contribution in [0.3, 0.4) is 0 Å². The average molecular weight is 527 g/mol. The number of aliphatic carboxylic acids is 1. The van der Waals surface area contributed by atoms with E-state index in [9.17, 15) is 9.90 Å². The maximum absolute atomic E-state index is 11.6. The summed E-state index contributed by atoms with van der Waals surface area (Å²) in [5, 5.41) is 13.2. The van der Waals surface area contributed by atoms with Crippen molar-refractivity contribution in [3.05, 3.63) is 62.5 Å². The predicted molar refractivity (Wildman–Crippen MR) is 120 cm³/mol. The van der Waals surface area contributed by atoms with Crippen molar-refractivity contribution in [2.24, 2.45) is 5.16 Å². The van der Waals surface area contributed by atoms with Crippen molar-refractivity contribution < 1.29 is 24.2 Å². The molecule has 6 nitrogen and oxygen atoms in total. The fraction of sp³-hybridized carbons (Fsp3) is 0.238. The first-order valence-corrected chi connectivity index (χ1v) is 10.5. The van der Waals surface area contributed by atoms with E-state index in [1.165, 1.54) is 0 Å². The minimum absolute atomic E-state index is 0.145. The van der Waals surface area contributed by atoms with Crippen molar-refractivity contribution in [3.63, 3.8) is 0 Å². The topological polar surface area (TPSA) is 77.4 Å². The lowest BCUT2D eigenvalue weighted by atomic mass is 10.0. The second kappa shape index (κ2) is 11.6. The van der Waals surface area contributed by atoms with Crippen LogP contribution in [0.5, 0.6) is 11.5 Å². The molecule has 0 saturated carbocycles. The zero-order chi connectivity index (χ0) is 21.2. The van der Waals surface area contributed by atoms with Gasteiger partial charge in [-0.3, -0.25) is 0 Å². The number of hydrogen-bond donors (Lipinski definition) is 1. The van der Waals surface area contributed by atoms with E-state index in [0.717, 1.165) is 8.96 Å². The molecule has 0 spiro atoms. The normalized spacial score (nSPS) is 11.0. The smallest absolute Gasteiger partial charge is 0.358 e. The molecule has 0 aliphatic heterocycles. The maximum Gasteiger partial charge on any atom is 0.358 e. The van der Waals surface area contributed by atoms with E-state index in [2.05, 4.69) is 37.0 Å². The maximum atomic E-state index is 11.6. The molecule has 154 valence electrons. The first-order chi connectivity index (χ1) is 14.0. The van der Waals surface area contributed by atoms with Crippen molar-refractivity contribution in [1.29, 1.82) is 0 Å². The van der Waals surface area contributed by atoms with Crippen LogP contribution < -0.4 is 9.47 Å². The molecule has 2 aromatic carbocycles. The molecule has 0 unspecified atom stereocenters. The largest absolute Gasteiger partial charge is 0.490 e. The van der Waals surface area contributed by atoms with E-state index < -0.39 is 5.97 Å². The molecule has 29 heavy (non-hydrogen) atoms. The monoisotopic (exact) mass is 525 g/mol. The Hall–Kier alpha value is -2.32. The van der Waals surface area contributed by atoms with E-state index in [-0.39, 0.29) is 18.9 Å². The van der Waals surface area contributed by atoms with Crippen LogP contribution in [-0.4, -0.2) is 30.0 Å². The highest BCUT2D eigenvalue weighted by Gasteiger charge is 2.18. The van der Waals surface area contributed by atoms with Crippen LogP contribution in [0.2, 0.25) is 0 Å². The molecular formula is C21H21Br2NO5. The van der Waals surface area contributed by atoms with E-state index in [1.807, 2.05) is 37.3 Å². The first kappa shape index (κ1) is 23.0. The SMILES string of the molecule is CCO/N=C(/C(=O)O)c1ccccc1COc1ccc(C=C(Br)Br)cc1OCC. The summed E-state index contributed by atoms with van der Waals surface area (Å²) in [5.74, 6) is -0.0121. The number of rotatable bonds is 10. The molecule has 0 saturated heterocycles. The van der Waals surface area contributed by atoms with Crippen LogP contribution >= 0.6 is 31.9 Å². The summed E-state index contributed by atoms with van der Waals surface area (Å²) in [6.07, 6.45) is 1.89. The lowest BCUT2D eigenvalue weighted by molar-refractivity contribution is -0.129. The number of ether oxygens (including phenoxy) is 2. The zero-order valence-corrected chi connectivity index (χ0v) is 19.2. The van der Waals surface area contributed by atoms with Crippen LogP contribution in [0.25, 0.3) is 6.08 Å². The van der Waals surface area contributed by atoms with Crippen molar-refractivity contribution in [1.82, 2.24) is 0 Å². The molecule has 0 aliphatic rings. The first-order valence-electron chi connectivity index (χ1n) is 8.90. The van der Waals surface area contributed by atoms with Gasteiger partial charge >= 0.3 is 5.97 Å². The number of nitrogens with zero attached hydrogens (tertiary/aromatic N) is 1. The number of oxime groups is 1. The summed E-state index contributed by atoms with van der Waals surface area (Å²) in [6, 6.07) is 12.6. The lowest BCUT2D eigenvalue weighted by Crippen LogP contribution is -2.18. The number of halogens is 2. The lowest BCUT2D eigenvalue weighted by Gasteiger charge is -2.14. The summed E-state index contributed by atoms with van der Waals surface area (Å²) in [5.41, 5.74) is 1.87. The van der Waals surface area contributed by atoms with Crippen LogP contribution in [0.1, 0.15) is 30.5 Å². The van der Waals surface area contributed by atoms with Gasteiger partial charge in [0.2, 0.25) is 0 Å². The summed E-state index contributed by atoms with van der Waals surface area (Å²) in [6.45, 7) is 4.54. The number of carboxylic acid groups (broad SMARTS) is 1. The minimum atomic E-state index is -1.17. The average Bonchev–Trinajstić information content (AvgIpc) is 2.68. The molecule has 1 N–H and O–H groups in total. The second-order valence-corrected chi connectivity index (χ2v) is 8.45. The van der Waals surface area contributed by atoms with Gasteiger partial charge in [-0.25, -0.2) is 4.79 Å². The standard InChI is InChI=1S/C21H21Br2NO5/c1-3-27-18-11-14(12-19(22)23)9-10-17(18)28-13-15-7-5-6-8-16(15)20(21(25)26)24-29-4-2/h5-12H,3-4,13H2,1-2H3,(H,25,26)/b24-20+. The van der Waals surface area contributed by atoms with Gasteiger partial charge in [0.25, 0.3) is 0 Å². The molecule has 8 heteroatoms. The molecule has 0 atom stereocenters. The zero-order valence-electron chi connectivity index (χ0n) is 16.0. The summed E-state index contributed by atoms with van der Waals surface area (Å²) in [4.78, 5) is 16.6. The Labute approximate surface area is 186 Å². The molecule has 2 rings (SSSR count). The molecule has 0 fully saturated rings. The van der Waals surface area contributed by atoms with Crippen molar-refractivity contribution in [3.8, 4) is 11.5 Å². The number of carbonyl (C=O) groups is 1. The number of benzene rings is 2. The van der Waals surface area contributed by atoms with Gasteiger partial charge in [-0.2, -0.15) is 0 Å². The van der Waals surface area contributed by atoms with Gasteiger partial charge in [-0.1, -0.05) is 35.5 Å². The highest BCUT2D eigenvalue weighted by molar-refractivity contribution is 9.28. The Morgan fingerprint density at radius 1 is 1.07 bits per heavy atom. The van der Waals surface area contributed by atoms with Crippen molar-refractivity contribution in [2.45, 2.75) is 20.5 Å². The Morgan fingerprint density at radius 2 is 1.83 bits per heavy atom. The predicted octanol–water partition coefficient (Wildman–Crippen LogP) is 5.58. The quantitative estimate of drug-likeness (QED) is 0.323. The van der Waals surface area contributed by atoms with Crippen LogP contribution in [0.15, 0.2) is 51.0 Å². The van der Waals surface area contributed by atoms with E-state index in [0.29, 0.717) is 29.2 Å². The third-order valence-electron chi connectivity index (χ3n) is 3.69. The summed E-state index contributed by atoms with van der Waals surface area (Å²) < 4.78 is 12.5. The Morgan fingerprint density at radius 3 is 2.48 bits per heavy atom. The molecule has 0 heterocycles. The highest BCUT2D eigenvalue weighted by atomic mass is 79.9. The van der Waals surface area contributed by atoms with Gasteiger partial charge < -0.3 is 19.4 Å². The van der Waals surface area contributed by atoms with Gasteiger partial charge in [0.15, 0.2) is 17.2 Å². The molecule has 0 bridgehead atoms. The van der Waals surface area contributed by atoms with Crippen molar-refractivity contribution >= 4 is 49.6 Å². The van der Waals surface area contributed by atoms with Gasteiger partial charge in [0.05, 0.1) is 10.00 Å². The molecule has 0 aliphatic carbocycles. The number of carboxylic acids is 1. The second-order valence-electron chi connectivity index (χ2n) is 5.68. The number of hydrogen-bond acceptors (Lipinski definition) is 5. The van der Waals surface area contributed by atoms with Crippen LogP contribution in [0.4, 0.5) is 0 Å². The van der Waals surface area contributed by atoms with Gasteiger partial charge in [0, 0.05) is 5.56 Å². The van der Waals surface area contributed by atoms with Gasteiger partial charge in [-0.05, 0) is 75.0 Å². The molecule has 2 aromatic rings. The Kier molecular flexibility index (Phi) is 9.21. The fourth-order valence-corrected chi connectivity index (χ4v) is 3.02. The van der Waals surface area contributed by atoms with Crippen LogP contribution in [-0.2, 0) is 16.2 Å². The minimum Gasteiger partial charge on any atom is -0.490 e. The van der Waals surface area contributed by atoms with E-state index in [4.69, 9.17) is 14.3 Å². The van der Waals surface area contributed by atoms with E-state index >= 15 is 0 Å². The van der Waals surface area contributed by atoms with Gasteiger partial charge in [-0.15, -0.1) is 0 Å². The summed E-state index contributed by atoms with van der Waals surface area (Å²) in [7, 11) is 0. The summed E-state index contributed by atoms with van der Waals surface area (Å²) >= 11 is 6.68. The van der Waals surface area contributed by atoms with Gasteiger partial charge in [0.1, 0.15) is 13.2 Å². The Balaban J connectivity index is 2.30. The molecule has 0 aromatic heterocycles. The highest BCUT2D eigenvalue weighted by Crippen LogP contribution is 2.31. The van der Waals surface area contributed by atoms with E-state index in [1.54, 1.807) is 25.1 Å². The fourth-order valence-electron chi connectivity index (χ4n) is 2.49.